The van der Waals surface area contributed by atoms with Gasteiger partial charge in [-0.25, -0.2) is 9.48 Å². The highest BCUT2D eigenvalue weighted by molar-refractivity contribution is 5.88. The number of nitrogens with zero attached hydrogens (tertiary/aromatic N) is 3. The third-order valence-corrected chi connectivity index (χ3v) is 4.64. The Balaban J connectivity index is 1.72. The zero-order chi connectivity index (χ0) is 17.6. The first kappa shape index (κ1) is 17.5. The second-order valence-corrected chi connectivity index (χ2v) is 6.61. The van der Waals surface area contributed by atoms with Gasteiger partial charge in [0.25, 0.3) is 0 Å². The van der Waals surface area contributed by atoms with E-state index in [4.69, 9.17) is 0 Å². The number of aryl methyl sites for hydroxylation is 1. The zero-order valence-corrected chi connectivity index (χ0v) is 14.7. The SMILES string of the molecule is Cc1cc(NC(=O)N(CCO)Cc2ccccc2)n(C2CCCC2)n1. The Kier molecular flexibility index (Phi) is 5.71. The van der Waals surface area contributed by atoms with Gasteiger partial charge in [-0.2, -0.15) is 5.10 Å². The van der Waals surface area contributed by atoms with Crippen LogP contribution in [0.5, 0.6) is 0 Å². The smallest absolute Gasteiger partial charge is 0.323 e. The van der Waals surface area contributed by atoms with E-state index in [1.54, 1.807) is 4.90 Å². The molecule has 1 fully saturated rings. The molecule has 0 unspecified atom stereocenters. The monoisotopic (exact) mass is 342 g/mol. The van der Waals surface area contributed by atoms with Gasteiger partial charge >= 0.3 is 6.03 Å². The van der Waals surface area contributed by atoms with Crippen LogP contribution in [0.4, 0.5) is 10.6 Å². The summed E-state index contributed by atoms with van der Waals surface area (Å²) in [5, 5.41) is 16.9. The fraction of sp³-hybridized carbons (Fsp3) is 0.474. The summed E-state index contributed by atoms with van der Waals surface area (Å²) in [6, 6.07) is 11.9. The van der Waals surface area contributed by atoms with Gasteiger partial charge in [-0.15, -0.1) is 0 Å². The lowest BCUT2D eigenvalue weighted by Crippen LogP contribution is -2.37. The van der Waals surface area contributed by atoms with Crippen LogP contribution in [0.2, 0.25) is 0 Å². The van der Waals surface area contributed by atoms with Crippen molar-refractivity contribution < 1.29 is 9.90 Å². The molecule has 0 spiro atoms. The average molecular weight is 342 g/mol. The Labute approximate surface area is 148 Å². The third kappa shape index (κ3) is 4.39. The predicted octanol–water partition coefficient (Wildman–Crippen LogP) is 3.33. The first-order chi connectivity index (χ1) is 12.2. The highest BCUT2D eigenvalue weighted by Gasteiger charge is 2.23. The molecule has 1 aliphatic carbocycles. The summed E-state index contributed by atoms with van der Waals surface area (Å²) >= 11 is 0. The molecule has 0 radical (unpaired) electrons. The molecule has 2 amide bonds. The fourth-order valence-electron chi connectivity index (χ4n) is 3.40. The minimum absolute atomic E-state index is 0.0683. The molecule has 1 aromatic carbocycles. The zero-order valence-electron chi connectivity index (χ0n) is 14.7. The van der Waals surface area contributed by atoms with E-state index in [-0.39, 0.29) is 19.2 Å². The summed E-state index contributed by atoms with van der Waals surface area (Å²) in [5.41, 5.74) is 1.94. The molecule has 1 aromatic heterocycles. The van der Waals surface area contributed by atoms with E-state index >= 15 is 0 Å². The molecule has 1 saturated carbocycles. The van der Waals surface area contributed by atoms with E-state index in [1.807, 2.05) is 48.0 Å². The number of benzene rings is 1. The Morgan fingerprint density at radius 1 is 1.32 bits per heavy atom. The molecule has 0 bridgehead atoms. The first-order valence-corrected chi connectivity index (χ1v) is 8.94. The molecule has 0 aliphatic heterocycles. The molecular weight excluding hydrogens is 316 g/mol. The quantitative estimate of drug-likeness (QED) is 0.846. The van der Waals surface area contributed by atoms with Crippen molar-refractivity contribution in [3.8, 4) is 0 Å². The van der Waals surface area contributed by atoms with E-state index in [1.165, 1.54) is 12.8 Å². The molecule has 25 heavy (non-hydrogen) atoms. The van der Waals surface area contributed by atoms with Gasteiger partial charge in [-0.05, 0) is 25.3 Å². The predicted molar refractivity (Wildman–Crippen MR) is 97.4 cm³/mol. The van der Waals surface area contributed by atoms with Crippen LogP contribution in [0.1, 0.15) is 43.0 Å². The van der Waals surface area contributed by atoms with Crippen LogP contribution in [0, 0.1) is 6.92 Å². The van der Waals surface area contributed by atoms with Gasteiger partial charge in [-0.1, -0.05) is 43.2 Å². The Morgan fingerprint density at radius 2 is 2.04 bits per heavy atom. The van der Waals surface area contributed by atoms with Crippen molar-refractivity contribution in [2.24, 2.45) is 0 Å². The number of urea groups is 1. The largest absolute Gasteiger partial charge is 0.395 e. The van der Waals surface area contributed by atoms with Crippen molar-refractivity contribution in [1.82, 2.24) is 14.7 Å². The normalized spacial score (nSPS) is 14.6. The molecular formula is C19H26N4O2. The van der Waals surface area contributed by atoms with Crippen molar-refractivity contribution in [3.05, 3.63) is 47.7 Å². The van der Waals surface area contributed by atoms with Crippen LogP contribution in [0.25, 0.3) is 0 Å². The molecule has 0 saturated heterocycles. The maximum absolute atomic E-state index is 12.7. The van der Waals surface area contributed by atoms with Gasteiger partial charge in [0.15, 0.2) is 0 Å². The first-order valence-electron chi connectivity index (χ1n) is 8.94. The highest BCUT2D eigenvalue weighted by Crippen LogP contribution is 2.31. The van der Waals surface area contributed by atoms with Crippen molar-refractivity contribution >= 4 is 11.8 Å². The molecule has 6 nitrogen and oxygen atoms in total. The lowest BCUT2D eigenvalue weighted by atomic mass is 10.2. The molecule has 2 N–H and O–H groups in total. The molecule has 134 valence electrons. The van der Waals surface area contributed by atoms with Crippen LogP contribution < -0.4 is 5.32 Å². The van der Waals surface area contributed by atoms with E-state index < -0.39 is 0 Å². The van der Waals surface area contributed by atoms with E-state index in [0.29, 0.717) is 12.6 Å². The summed E-state index contributed by atoms with van der Waals surface area (Å²) in [6.07, 6.45) is 4.63. The summed E-state index contributed by atoms with van der Waals surface area (Å²) in [5.74, 6) is 0.741. The number of aromatic nitrogens is 2. The Bertz CT molecular complexity index is 693. The standard InChI is InChI=1S/C19H26N4O2/c1-15-13-18(23(21-15)17-9-5-6-10-17)20-19(25)22(11-12-24)14-16-7-3-2-4-8-16/h2-4,7-8,13,17,24H,5-6,9-12,14H2,1H3,(H,20,25). The van der Waals surface area contributed by atoms with Gasteiger partial charge in [0, 0.05) is 19.2 Å². The lowest BCUT2D eigenvalue weighted by molar-refractivity contribution is 0.185. The maximum atomic E-state index is 12.7. The van der Waals surface area contributed by atoms with Gasteiger partial charge in [-0.3, -0.25) is 5.32 Å². The number of hydrogen-bond donors (Lipinski definition) is 2. The second-order valence-electron chi connectivity index (χ2n) is 6.61. The van der Waals surface area contributed by atoms with Crippen molar-refractivity contribution in [2.75, 3.05) is 18.5 Å². The van der Waals surface area contributed by atoms with Crippen LogP contribution in [0.15, 0.2) is 36.4 Å². The summed E-state index contributed by atoms with van der Waals surface area (Å²) in [7, 11) is 0. The molecule has 6 heteroatoms. The highest BCUT2D eigenvalue weighted by atomic mass is 16.3. The van der Waals surface area contributed by atoms with Crippen LogP contribution >= 0.6 is 0 Å². The molecule has 1 heterocycles. The molecule has 0 atom stereocenters. The van der Waals surface area contributed by atoms with E-state index in [9.17, 15) is 9.90 Å². The summed E-state index contributed by atoms with van der Waals surface area (Å²) in [6.45, 7) is 2.62. The van der Waals surface area contributed by atoms with E-state index in [0.717, 1.165) is 29.9 Å². The van der Waals surface area contributed by atoms with E-state index in [2.05, 4.69) is 10.4 Å². The number of hydrogen-bond acceptors (Lipinski definition) is 3. The number of amides is 2. The average Bonchev–Trinajstić information content (AvgIpc) is 3.25. The number of carbonyl (C=O) groups excluding carboxylic acids is 1. The molecule has 2 aromatic rings. The minimum Gasteiger partial charge on any atom is -0.395 e. The van der Waals surface area contributed by atoms with Gasteiger partial charge < -0.3 is 10.0 Å². The third-order valence-electron chi connectivity index (χ3n) is 4.64. The van der Waals surface area contributed by atoms with Crippen molar-refractivity contribution in [1.29, 1.82) is 0 Å². The molecule has 3 rings (SSSR count). The van der Waals surface area contributed by atoms with Crippen LogP contribution in [-0.4, -0.2) is 39.0 Å². The summed E-state index contributed by atoms with van der Waals surface area (Å²) in [4.78, 5) is 14.4. The summed E-state index contributed by atoms with van der Waals surface area (Å²) < 4.78 is 1.96. The Morgan fingerprint density at radius 3 is 2.72 bits per heavy atom. The number of rotatable bonds is 6. The maximum Gasteiger partial charge on any atom is 0.323 e. The lowest BCUT2D eigenvalue weighted by Gasteiger charge is -2.23. The number of anilines is 1. The van der Waals surface area contributed by atoms with Crippen molar-refractivity contribution in [2.45, 2.75) is 45.2 Å². The fourth-order valence-corrected chi connectivity index (χ4v) is 3.40. The van der Waals surface area contributed by atoms with Crippen LogP contribution in [-0.2, 0) is 6.54 Å². The Hall–Kier alpha value is -2.34. The second kappa shape index (κ2) is 8.16. The van der Waals surface area contributed by atoms with Crippen LogP contribution in [0.3, 0.4) is 0 Å². The van der Waals surface area contributed by atoms with Gasteiger partial charge in [0.2, 0.25) is 0 Å². The number of nitrogens with one attached hydrogen (secondary N) is 1. The van der Waals surface area contributed by atoms with Crippen molar-refractivity contribution in [3.63, 3.8) is 0 Å². The number of aliphatic hydroxyl groups excluding tert-OH is 1. The van der Waals surface area contributed by atoms with Gasteiger partial charge in [0.1, 0.15) is 5.82 Å². The van der Waals surface area contributed by atoms with Gasteiger partial charge in [0.05, 0.1) is 18.3 Å². The topological polar surface area (TPSA) is 70.4 Å². The number of aliphatic hydroxyl groups is 1. The molecule has 1 aliphatic rings. The number of carbonyl (C=O) groups is 1. The minimum atomic E-state index is -0.211.